The minimum absolute atomic E-state index is 0.0237. The summed E-state index contributed by atoms with van der Waals surface area (Å²) in [6.07, 6.45) is -0.429. The molecule has 1 atom stereocenters. The second kappa shape index (κ2) is 54.4. The Morgan fingerprint density at radius 3 is 0.862 bits per heavy atom. The summed E-state index contributed by atoms with van der Waals surface area (Å²) in [5.74, 6) is -1.30. The van der Waals surface area contributed by atoms with E-state index in [4.69, 9.17) is 22.6 Å². The predicted molar refractivity (Wildman–Crippen MR) is 526 cm³/mol. The predicted octanol–water partition coefficient (Wildman–Crippen LogP) is 7.06. The third-order valence-corrected chi connectivity index (χ3v) is 29.4. The summed E-state index contributed by atoms with van der Waals surface area (Å²) in [5.41, 5.74) is 11.8. The molecule has 1 unspecified atom stereocenters. The van der Waals surface area contributed by atoms with Crippen LogP contribution in [-0.4, -0.2) is 306 Å². The maximum absolute atomic E-state index is 13.4. The molecule has 145 heavy (non-hydrogen) atoms. The minimum Gasteiger partial charge on any atom is -0.760 e. The average molecular weight is 2460 g/mol. The van der Waals surface area contributed by atoms with Crippen molar-refractivity contribution in [3.63, 3.8) is 0 Å². The van der Waals surface area contributed by atoms with Gasteiger partial charge in [-0.05, 0) is 264 Å². The molecule has 0 bridgehead atoms. The average Bonchev–Trinajstić information content (AvgIpc) is 1.80. The largest absolute Gasteiger partial charge is 0.760 e. The van der Waals surface area contributed by atoms with Gasteiger partial charge in [0.2, 0.25) is 29.1 Å². The van der Waals surface area contributed by atoms with E-state index < -0.39 is 87.5 Å². The molecule has 792 valence electrons. The number of hydrogen-bond donors (Lipinski definition) is 19. The molecule has 5 saturated heterocycles. The highest BCUT2D eigenvalue weighted by Gasteiger charge is 2.41. The number of hydrogen-bond acceptors (Lipinski definition) is 42. The van der Waals surface area contributed by atoms with Gasteiger partial charge < -0.3 is 36.5 Å². The van der Waals surface area contributed by atoms with Gasteiger partial charge in [-0.25, -0.2) is 79.1 Å². The van der Waals surface area contributed by atoms with Crippen LogP contribution in [0.3, 0.4) is 0 Å². The van der Waals surface area contributed by atoms with Gasteiger partial charge in [-0.1, -0.05) is 6.92 Å². The highest BCUT2D eigenvalue weighted by Crippen LogP contribution is 2.33. The molecule has 0 amide bonds. The molecular formula is C75H94Br5F5N33O22S5-. The van der Waals surface area contributed by atoms with Crippen molar-refractivity contribution in [2.24, 2.45) is 54.6 Å². The Bertz CT molecular complexity index is 6520. The van der Waals surface area contributed by atoms with Crippen molar-refractivity contribution >= 4 is 219 Å². The fourth-order valence-corrected chi connectivity index (χ4v) is 20.3. The van der Waals surface area contributed by atoms with E-state index in [9.17, 15) is 90.4 Å². The van der Waals surface area contributed by atoms with Crippen LogP contribution in [-0.2, 0) is 56.5 Å². The number of benzene rings is 5. The molecule has 5 aliphatic rings. The zero-order valence-electron chi connectivity index (χ0n) is 76.5. The van der Waals surface area contributed by atoms with Crippen LogP contribution in [0, 0.1) is 58.7 Å². The van der Waals surface area contributed by atoms with Gasteiger partial charge in [-0.2, -0.15) is 55.6 Å². The van der Waals surface area contributed by atoms with Crippen LogP contribution in [0.5, 0.6) is 0 Å². The summed E-state index contributed by atoms with van der Waals surface area (Å²) in [7, 11) is -11.1. The first-order valence-electron chi connectivity index (χ1n) is 42.3. The van der Waals surface area contributed by atoms with Crippen LogP contribution in [0.1, 0.15) is 63.1 Å². The number of amidine groups is 5. The van der Waals surface area contributed by atoms with Gasteiger partial charge in [0.25, 0.3) is 20.4 Å². The maximum atomic E-state index is 13.4. The van der Waals surface area contributed by atoms with Crippen LogP contribution in [0.2, 0.25) is 0 Å². The number of aromatic nitrogens is 10. The molecular weight excluding hydrogens is 2370 g/mol. The van der Waals surface area contributed by atoms with E-state index >= 15 is 0 Å². The zero-order chi connectivity index (χ0) is 106. The molecule has 10 heterocycles. The van der Waals surface area contributed by atoms with Crippen molar-refractivity contribution < 1.29 is 122 Å². The summed E-state index contributed by atoms with van der Waals surface area (Å²) >= 11 is 13.1. The van der Waals surface area contributed by atoms with E-state index in [2.05, 4.69) is 207 Å². The number of anilines is 5. The maximum Gasteiger partial charge on any atom is 0.338 e. The van der Waals surface area contributed by atoms with E-state index in [1.165, 1.54) is 108 Å². The van der Waals surface area contributed by atoms with Crippen molar-refractivity contribution in [2.75, 3.05) is 145 Å². The summed E-state index contributed by atoms with van der Waals surface area (Å²) in [4.78, 5) is 20.8. The summed E-state index contributed by atoms with van der Waals surface area (Å²) in [6, 6.07) is 20.1. The Morgan fingerprint density at radius 1 is 0.414 bits per heavy atom. The first-order chi connectivity index (χ1) is 68.9. The molecule has 5 aliphatic heterocycles. The third-order valence-electron chi connectivity index (χ3n) is 19.8. The third kappa shape index (κ3) is 33.8. The van der Waals surface area contributed by atoms with Gasteiger partial charge in [0, 0.05) is 152 Å². The van der Waals surface area contributed by atoms with Crippen LogP contribution >= 0.6 is 79.6 Å². The lowest BCUT2D eigenvalue weighted by Gasteiger charge is -2.39. The summed E-state index contributed by atoms with van der Waals surface area (Å²) < 4.78 is 232. The quantitative estimate of drug-likeness (QED) is 0.00466. The number of nitrogens with zero attached hydrogens (tertiary/aromatic N) is 20. The Hall–Kier alpha value is -10.5. The molecule has 5 aromatic heterocycles. The minimum atomic E-state index is -4.17. The number of nitrogens with one attached hydrogen (secondary N) is 13. The van der Waals surface area contributed by atoms with Crippen molar-refractivity contribution in [2.45, 2.75) is 46.8 Å². The summed E-state index contributed by atoms with van der Waals surface area (Å²) in [6.45, 7) is 14.0. The number of rotatable bonds is 36. The van der Waals surface area contributed by atoms with Gasteiger partial charge in [-0.3, -0.25) is 66.4 Å². The molecule has 55 nitrogen and oxygen atoms in total. The van der Waals surface area contributed by atoms with Crippen LogP contribution < -0.4 is 68.7 Å². The monoisotopic (exact) mass is 2460 g/mol. The lowest BCUT2D eigenvalue weighted by molar-refractivity contribution is 0.154. The van der Waals surface area contributed by atoms with Crippen molar-refractivity contribution in [3.05, 3.63) is 171 Å². The fourth-order valence-electron chi connectivity index (χ4n) is 12.7. The van der Waals surface area contributed by atoms with Gasteiger partial charge in [0.05, 0.1) is 56.9 Å². The lowest BCUT2D eigenvalue weighted by Crippen LogP contribution is -2.56. The zero-order valence-corrected chi connectivity index (χ0v) is 88.5. The molecule has 70 heteroatoms. The second-order valence-electron chi connectivity index (χ2n) is 31.6. The molecule has 15 rings (SSSR count). The van der Waals surface area contributed by atoms with Gasteiger partial charge in [-0.15, -0.1) is 0 Å². The SMILES string of the molecule is CC(C)NS(=O)(=O)N1CC(CNc2nonc2C(=Nc2ccc(F)c(Br)c2)NO)C1.CC(C)OS(=O)(=O)N1CC(CNc2nonc2C(=Nc2ccc(F)c(Br)c2)NO)C1.CCNS(=O)(=O)N1CC(CNc2nonc2C(=Nc2ccc(F)c(Br)c2)NO)C1.CNC.O=S(=O)(O)N1CC(CNc2nonc2C(=Nc2ccc(F)c(Br)c2)NO)C1.O=S([O-])N1CC(CNc2nonc2C(=Nc2ccc(F)c(Br)c2)NO)C1. The van der Waals surface area contributed by atoms with Crippen molar-refractivity contribution in [1.82, 2.24) is 115 Å². The van der Waals surface area contributed by atoms with Gasteiger partial charge in [0.1, 0.15) is 29.1 Å². The first kappa shape index (κ1) is 116. The Labute approximate surface area is 867 Å². The Balaban J connectivity index is 0.000000185. The first-order valence-corrected chi connectivity index (χ1v) is 52.9. The highest BCUT2D eigenvalue weighted by molar-refractivity contribution is 9.11. The smallest absolute Gasteiger partial charge is 0.338 e. The Kier molecular flexibility index (Phi) is 43.7. The number of aliphatic imine (C=N–C) groups is 5. The molecule has 0 spiro atoms. The van der Waals surface area contributed by atoms with Crippen LogP contribution in [0.15, 0.2) is 161 Å². The standard InChI is InChI=1S/C16H21BrFN7O4S.C16H20BrFN6O5S.C15H19BrFN7O4S.C13H14BrFN6O5S.C13H14BrFN6O4S.C2H7N/c1-9(2)24-30(27,28)25-7-10(8-25)6-19-15-14(22-29-23-15)16(21-26)20-11-3-4-13(18)12(17)5-11;1-9(2)28-30(26,27)24-7-10(8-24)6-19-15-14(22-29-23-15)16(21-25)20-11-3-4-13(18)12(17)5-11;1-2-19-29(26,27)24-7-9(8-24)6-18-14-13(22-28-23-14)15(21-25)20-10-3-4-12(17)11(16)5-10;14-9-3-8(1-2-10(9)15)17-13(18-22)11-12(20-26-19-11)16-4-7-5-21(6-7)27(23,24)25;14-9-3-8(1-2-10(9)15)17-13(18-22)11-12(20-25-19-11)16-4-7-5-21(6-7)26(23)24;1-3-2/h3-5,9-10,24,26H,6-8H2,1-2H3,(H,19,23)(H,20,21);3-5,9-10,25H,6-8H2,1-2H3,(H,19,23)(H,20,21);3-5,9,19,25H,2,6-8H2,1H3,(H,18,23)(H,20,21);1-3,7,22H,4-6H2,(H,16,20)(H,17,18)(H,23,24,25);1-3,7,22H,4-6H2,(H,16,20)(H,17,18)(H,23,24);3H,1-2H3/p-1. The lowest BCUT2D eigenvalue weighted by atomic mass is 10.0. The van der Waals surface area contributed by atoms with Crippen LogP contribution in [0.25, 0.3) is 0 Å². The molecule has 0 aliphatic carbocycles. The van der Waals surface area contributed by atoms with E-state index in [-0.39, 0.29) is 158 Å². The molecule has 0 saturated carbocycles. The van der Waals surface area contributed by atoms with Gasteiger partial charge >= 0.3 is 20.6 Å². The molecule has 5 fully saturated rings. The van der Waals surface area contributed by atoms with Gasteiger partial charge in [0.15, 0.2) is 57.6 Å². The van der Waals surface area contributed by atoms with E-state index in [0.717, 1.165) is 4.31 Å². The van der Waals surface area contributed by atoms with E-state index in [1.54, 1.807) is 34.6 Å². The Morgan fingerprint density at radius 2 is 0.648 bits per heavy atom. The molecule has 10 aromatic rings. The molecule has 19 N–H and O–H groups in total. The van der Waals surface area contributed by atoms with Crippen molar-refractivity contribution in [1.29, 1.82) is 0 Å². The second-order valence-corrected chi connectivity index (χ2v) is 43.2. The topological polar surface area (TPSA) is 736 Å². The molecule has 5 aromatic carbocycles. The molecule has 0 radical (unpaired) electrons. The fraction of sp³-hybridized carbons (Fsp3) is 0.400. The van der Waals surface area contributed by atoms with E-state index in [0.29, 0.717) is 120 Å². The highest BCUT2D eigenvalue weighted by atomic mass is 79.9. The number of hydroxylamine groups is 5. The number of halogens is 10. The summed E-state index contributed by atoms with van der Waals surface area (Å²) in [5, 5.41) is 102. The van der Waals surface area contributed by atoms with E-state index in [1.807, 2.05) is 41.5 Å². The van der Waals surface area contributed by atoms with Crippen molar-refractivity contribution in [3.8, 4) is 0 Å². The van der Waals surface area contributed by atoms with Crippen LogP contribution in [0.4, 0.5) is 79.5 Å². The normalized spacial score (nSPS) is 16.0.